The lowest BCUT2D eigenvalue weighted by molar-refractivity contribution is -0.140. The van der Waals surface area contributed by atoms with Gasteiger partial charge in [-0.1, -0.05) is 42.5 Å². The van der Waals surface area contributed by atoms with Crippen LogP contribution in [0.5, 0.6) is 0 Å². The van der Waals surface area contributed by atoms with Crippen LogP contribution in [-0.4, -0.2) is 35.1 Å². The SMILES string of the molecule is CC(=O)c1cccc(N(CN2C(=O)[C@H]3[C@@H]4C=C[C@H]([C@H]5C[C@H]45)[C@@H]3C2=O)C(=O)c2ccccc2)c1. The predicted molar refractivity (Wildman–Crippen MR) is 121 cm³/mol. The largest absolute Gasteiger partial charge is 0.295 e. The Morgan fingerprint density at radius 3 is 2.09 bits per heavy atom. The number of ketones is 1. The number of likely N-dealkylation sites (tertiary alicyclic amines) is 1. The van der Waals surface area contributed by atoms with Crippen molar-refractivity contribution in [2.75, 3.05) is 11.6 Å². The Morgan fingerprint density at radius 2 is 1.48 bits per heavy atom. The molecule has 0 spiro atoms. The summed E-state index contributed by atoms with van der Waals surface area (Å²) in [6, 6.07) is 15.5. The molecule has 0 unspecified atom stereocenters. The normalized spacial score (nSPS) is 30.8. The minimum atomic E-state index is -0.323. The smallest absolute Gasteiger partial charge is 0.259 e. The summed E-state index contributed by atoms with van der Waals surface area (Å²) in [6.07, 6.45) is 5.38. The fourth-order valence-corrected chi connectivity index (χ4v) is 6.19. The number of nitrogens with zero attached hydrogens (tertiary/aromatic N) is 2. The molecule has 2 aromatic rings. The summed E-state index contributed by atoms with van der Waals surface area (Å²) in [5, 5.41) is 0. The lowest BCUT2D eigenvalue weighted by atomic mass is 9.63. The van der Waals surface area contributed by atoms with Crippen LogP contribution in [0.25, 0.3) is 0 Å². The van der Waals surface area contributed by atoms with Crippen molar-refractivity contribution in [2.45, 2.75) is 13.3 Å². The van der Waals surface area contributed by atoms with Gasteiger partial charge in [0.2, 0.25) is 11.8 Å². The minimum Gasteiger partial charge on any atom is -0.295 e. The summed E-state index contributed by atoms with van der Waals surface area (Å²) >= 11 is 0. The van der Waals surface area contributed by atoms with Crippen LogP contribution in [-0.2, 0) is 9.59 Å². The molecule has 4 aliphatic carbocycles. The topological polar surface area (TPSA) is 74.8 Å². The first-order valence-electron chi connectivity index (χ1n) is 11.5. The molecule has 33 heavy (non-hydrogen) atoms. The minimum absolute atomic E-state index is 0.120. The Bertz CT molecular complexity index is 1180. The molecule has 5 aliphatic rings. The molecule has 1 heterocycles. The number of amides is 3. The molecule has 0 aromatic heterocycles. The number of benzene rings is 2. The highest BCUT2D eigenvalue weighted by Gasteiger charge is 2.67. The van der Waals surface area contributed by atoms with Gasteiger partial charge in [0, 0.05) is 16.8 Å². The highest BCUT2D eigenvalue weighted by molar-refractivity contribution is 6.10. The number of anilines is 1. The third-order valence-corrected chi connectivity index (χ3v) is 7.87. The van der Waals surface area contributed by atoms with Crippen molar-refractivity contribution in [3.8, 4) is 0 Å². The van der Waals surface area contributed by atoms with Crippen molar-refractivity contribution in [2.24, 2.45) is 35.5 Å². The summed E-state index contributed by atoms with van der Waals surface area (Å²) in [4.78, 5) is 55.2. The number of carbonyl (C=O) groups excluding carboxylic acids is 4. The summed E-state index contributed by atoms with van der Waals surface area (Å²) in [6.45, 7) is 1.31. The molecule has 2 bridgehead atoms. The number of Topliss-reactive ketones (excluding diaryl/α,β-unsaturated/α-hetero) is 1. The van der Waals surface area contributed by atoms with E-state index in [1.165, 1.54) is 16.7 Å². The summed E-state index contributed by atoms with van der Waals surface area (Å²) in [7, 11) is 0. The van der Waals surface area contributed by atoms with E-state index in [9.17, 15) is 19.2 Å². The van der Waals surface area contributed by atoms with Gasteiger partial charge in [0.1, 0.15) is 6.67 Å². The average molecular weight is 440 g/mol. The number of rotatable bonds is 5. The van der Waals surface area contributed by atoms with Crippen LogP contribution >= 0.6 is 0 Å². The van der Waals surface area contributed by atoms with E-state index < -0.39 is 0 Å². The van der Waals surface area contributed by atoms with Crippen LogP contribution in [0, 0.1) is 35.5 Å². The summed E-state index contributed by atoms with van der Waals surface area (Å²) in [5.41, 5.74) is 1.40. The summed E-state index contributed by atoms with van der Waals surface area (Å²) in [5.74, 6) is -0.120. The van der Waals surface area contributed by atoms with Crippen LogP contribution < -0.4 is 4.90 Å². The Hall–Kier alpha value is -3.54. The molecule has 1 saturated heterocycles. The lowest BCUT2D eigenvalue weighted by Gasteiger charge is -2.37. The Balaban J connectivity index is 1.36. The maximum absolute atomic E-state index is 13.5. The second-order valence-corrected chi connectivity index (χ2v) is 9.61. The zero-order valence-electron chi connectivity index (χ0n) is 18.3. The van der Waals surface area contributed by atoms with Crippen LogP contribution in [0.15, 0.2) is 66.7 Å². The second-order valence-electron chi connectivity index (χ2n) is 9.61. The van der Waals surface area contributed by atoms with Gasteiger partial charge in [-0.2, -0.15) is 0 Å². The van der Waals surface area contributed by atoms with Crippen molar-refractivity contribution in [1.29, 1.82) is 0 Å². The van der Waals surface area contributed by atoms with Gasteiger partial charge in [-0.05, 0) is 61.3 Å². The quantitative estimate of drug-likeness (QED) is 0.405. The van der Waals surface area contributed by atoms with Crippen molar-refractivity contribution in [1.82, 2.24) is 4.90 Å². The first-order valence-corrected chi connectivity index (χ1v) is 11.5. The molecular weight excluding hydrogens is 416 g/mol. The maximum Gasteiger partial charge on any atom is 0.259 e. The van der Waals surface area contributed by atoms with Crippen molar-refractivity contribution >= 4 is 29.2 Å². The Morgan fingerprint density at radius 1 is 0.879 bits per heavy atom. The molecule has 2 aromatic carbocycles. The summed E-state index contributed by atoms with van der Waals surface area (Å²) < 4.78 is 0. The number of allylic oxidation sites excluding steroid dienone is 2. The van der Waals surface area contributed by atoms with Gasteiger partial charge in [0.15, 0.2) is 5.78 Å². The van der Waals surface area contributed by atoms with Gasteiger partial charge in [-0.3, -0.25) is 29.0 Å². The number of carbonyl (C=O) groups is 4. The molecule has 3 fully saturated rings. The molecule has 2 saturated carbocycles. The predicted octanol–water partition coefficient (Wildman–Crippen LogP) is 3.55. The highest BCUT2D eigenvalue weighted by atomic mass is 16.2. The first-order chi connectivity index (χ1) is 16.0. The van der Waals surface area contributed by atoms with Gasteiger partial charge in [-0.15, -0.1) is 0 Å². The van der Waals surface area contributed by atoms with Crippen molar-refractivity contribution < 1.29 is 19.2 Å². The number of imide groups is 1. The molecule has 7 rings (SSSR count). The third-order valence-electron chi connectivity index (χ3n) is 7.87. The van der Waals surface area contributed by atoms with E-state index in [0.29, 0.717) is 28.7 Å². The van der Waals surface area contributed by atoms with Gasteiger partial charge < -0.3 is 0 Å². The fourth-order valence-electron chi connectivity index (χ4n) is 6.19. The van der Waals surface area contributed by atoms with Gasteiger partial charge in [-0.25, -0.2) is 0 Å². The monoisotopic (exact) mass is 440 g/mol. The maximum atomic E-state index is 13.5. The number of hydrogen-bond acceptors (Lipinski definition) is 4. The zero-order valence-corrected chi connectivity index (χ0v) is 18.3. The van der Waals surface area contributed by atoms with E-state index >= 15 is 0 Å². The van der Waals surface area contributed by atoms with Gasteiger partial charge >= 0.3 is 0 Å². The van der Waals surface area contributed by atoms with E-state index in [-0.39, 0.29) is 53.8 Å². The van der Waals surface area contributed by atoms with Crippen molar-refractivity contribution in [3.05, 3.63) is 77.9 Å². The fraction of sp³-hybridized carbons (Fsp3) is 0.333. The Kier molecular flexibility index (Phi) is 4.41. The van der Waals surface area contributed by atoms with Crippen LogP contribution in [0.3, 0.4) is 0 Å². The van der Waals surface area contributed by atoms with Crippen LogP contribution in [0.2, 0.25) is 0 Å². The molecule has 6 heteroatoms. The molecule has 6 nitrogen and oxygen atoms in total. The van der Waals surface area contributed by atoms with Crippen LogP contribution in [0.4, 0.5) is 5.69 Å². The molecule has 6 atom stereocenters. The van der Waals surface area contributed by atoms with E-state index in [4.69, 9.17) is 0 Å². The van der Waals surface area contributed by atoms with E-state index in [1.807, 2.05) is 6.07 Å². The highest BCUT2D eigenvalue weighted by Crippen LogP contribution is 2.65. The lowest BCUT2D eigenvalue weighted by Crippen LogP contribution is -2.45. The third kappa shape index (κ3) is 3.00. The van der Waals surface area contributed by atoms with E-state index in [2.05, 4.69) is 12.2 Å². The first kappa shape index (κ1) is 20.1. The van der Waals surface area contributed by atoms with E-state index in [1.54, 1.807) is 48.5 Å². The van der Waals surface area contributed by atoms with E-state index in [0.717, 1.165) is 6.42 Å². The van der Waals surface area contributed by atoms with Gasteiger partial charge in [0.05, 0.1) is 11.8 Å². The molecule has 3 amide bonds. The number of hydrogen-bond donors (Lipinski definition) is 0. The second kappa shape index (κ2) is 7.24. The average Bonchev–Trinajstić information content (AvgIpc) is 3.62. The molecule has 1 aliphatic heterocycles. The molecule has 166 valence electrons. The van der Waals surface area contributed by atoms with Crippen LogP contribution in [0.1, 0.15) is 34.1 Å². The zero-order chi connectivity index (χ0) is 22.9. The van der Waals surface area contributed by atoms with Gasteiger partial charge in [0.25, 0.3) is 5.91 Å². The standard InChI is InChI=1S/C27H24N2O4/c1-15(30)17-8-5-9-18(12-17)28(25(31)16-6-3-2-4-7-16)14-29-26(32)23-19-10-11-20(22-13-21(19)22)24(23)27(29)33/h2-12,19-24H,13-14H2,1H3/t19-,20-,21-,22-,23+,24+/m1/s1. The molecular formula is C27H24N2O4. The van der Waals surface area contributed by atoms with Crippen molar-refractivity contribution in [3.63, 3.8) is 0 Å². The molecule has 0 radical (unpaired) electrons. The molecule has 0 N–H and O–H groups in total. The Labute approximate surface area is 191 Å².